The lowest BCUT2D eigenvalue weighted by molar-refractivity contribution is -0.378. The minimum absolute atomic E-state index is 0.234. The molecule has 0 aliphatic rings. The Hall–Kier alpha value is -1.06. The van der Waals surface area contributed by atoms with E-state index in [0.717, 1.165) is 0 Å². The Bertz CT molecular complexity index is 584. The lowest BCUT2D eigenvalue weighted by atomic mass is 9.99. The molecule has 2 unspecified atom stereocenters. The zero-order chi connectivity index (χ0) is 31.0. The van der Waals surface area contributed by atoms with Crippen molar-refractivity contribution in [1.82, 2.24) is 0 Å². The molecule has 0 fully saturated rings. The molecule has 0 nitrogen and oxygen atoms in total. The summed E-state index contributed by atoms with van der Waals surface area (Å²) < 4.78 is 254. The summed E-state index contributed by atoms with van der Waals surface area (Å²) in [5, 5.41) is 0. The van der Waals surface area contributed by atoms with E-state index in [-0.39, 0.29) is 6.92 Å². The standard InChI is InChI=1S/C5H3F9.C4H3BrF6.C4H3F7/c1-2(6,4(9,10)11)3(7,8)5(12,13)14;1-2(6,3(5,7)8)4(9,10)11;1-2(5,3(6,7)8)4(9,10)11/h1H3;2*1H3. The maximum absolute atomic E-state index is 12.3. The number of alkyl halides is 23. The van der Waals surface area contributed by atoms with E-state index < -0.39 is 72.5 Å². The molecular formula is C13H9BrF22. The molecule has 2 atom stereocenters. The number of halogens is 23. The van der Waals surface area contributed by atoms with Gasteiger partial charge >= 0.3 is 41.6 Å². The molecule has 23 heteroatoms. The summed E-state index contributed by atoms with van der Waals surface area (Å²) in [6, 6.07) is 0. The van der Waals surface area contributed by atoms with Crippen LogP contribution in [0.2, 0.25) is 0 Å². The zero-order valence-electron chi connectivity index (χ0n) is 16.7. The van der Waals surface area contributed by atoms with Gasteiger partial charge in [0, 0.05) is 0 Å². The Balaban J connectivity index is -0.000000459. The van der Waals surface area contributed by atoms with Crippen molar-refractivity contribution in [3.63, 3.8) is 0 Å². The van der Waals surface area contributed by atoms with E-state index in [9.17, 15) is 96.6 Å². The predicted molar refractivity (Wildman–Crippen MR) is 77.6 cm³/mol. The fourth-order valence-corrected chi connectivity index (χ4v) is 0.990. The third-order valence-electron chi connectivity index (χ3n) is 3.61. The summed E-state index contributed by atoms with van der Waals surface area (Å²) in [4.78, 5) is -4.60. The first kappa shape index (κ1) is 39.5. The molecule has 0 heterocycles. The summed E-state index contributed by atoms with van der Waals surface area (Å²) in [6.07, 6.45) is -30.3. The fraction of sp³-hybridized carbons (Fsp3) is 1.00. The monoisotopic (exact) mass is 662 g/mol. The van der Waals surface area contributed by atoms with Crippen molar-refractivity contribution in [2.24, 2.45) is 0 Å². The molecule has 0 radical (unpaired) electrons. The van der Waals surface area contributed by atoms with E-state index in [2.05, 4.69) is 0 Å². The van der Waals surface area contributed by atoms with Crippen LogP contribution in [-0.4, -0.2) is 58.6 Å². The Morgan fingerprint density at radius 2 is 0.500 bits per heavy atom. The number of hydrogen-bond acceptors (Lipinski definition) is 0. The molecule has 0 aromatic heterocycles. The summed E-state index contributed by atoms with van der Waals surface area (Å²) in [7, 11) is 0. The first-order chi connectivity index (χ1) is 14.8. The quantitative estimate of drug-likeness (QED) is 0.204. The average Bonchev–Trinajstić information content (AvgIpc) is 2.49. The van der Waals surface area contributed by atoms with Crippen molar-refractivity contribution in [1.29, 1.82) is 0 Å². The van der Waals surface area contributed by atoms with Gasteiger partial charge in [-0.05, 0) is 36.7 Å². The van der Waals surface area contributed by atoms with Crippen LogP contribution in [-0.2, 0) is 0 Å². The first-order valence-corrected chi connectivity index (χ1v) is 8.39. The van der Waals surface area contributed by atoms with E-state index >= 15 is 0 Å². The van der Waals surface area contributed by atoms with Gasteiger partial charge in [-0.2, -0.15) is 83.4 Å². The molecule has 0 aliphatic heterocycles. The van der Waals surface area contributed by atoms with Crippen LogP contribution in [0.1, 0.15) is 20.8 Å². The summed E-state index contributed by atoms with van der Waals surface area (Å²) in [6.45, 7) is -1.66. The van der Waals surface area contributed by atoms with Gasteiger partial charge in [-0.25, -0.2) is 13.2 Å². The van der Waals surface area contributed by atoms with Gasteiger partial charge in [0.05, 0.1) is 0 Å². The van der Waals surface area contributed by atoms with Crippen LogP contribution in [0.15, 0.2) is 0 Å². The minimum atomic E-state index is -6.59. The Labute approximate surface area is 193 Å². The lowest BCUT2D eigenvalue weighted by Crippen LogP contribution is -2.60. The van der Waals surface area contributed by atoms with Crippen molar-refractivity contribution in [3.05, 3.63) is 0 Å². The van der Waals surface area contributed by atoms with Crippen molar-refractivity contribution in [2.45, 2.75) is 79.4 Å². The van der Waals surface area contributed by atoms with E-state index in [1.165, 1.54) is 15.9 Å². The third-order valence-corrected chi connectivity index (χ3v) is 4.35. The van der Waals surface area contributed by atoms with Gasteiger partial charge < -0.3 is 0 Å². The van der Waals surface area contributed by atoms with Gasteiger partial charge in [0.15, 0.2) is 0 Å². The summed E-state index contributed by atoms with van der Waals surface area (Å²) >= 11 is 1.31. The number of rotatable bonds is 2. The Morgan fingerprint density at radius 3 is 0.528 bits per heavy atom. The third kappa shape index (κ3) is 8.76. The molecule has 0 aromatic carbocycles. The number of hydrogen-bond donors (Lipinski definition) is 0. The molecule has 0 amide bonds. The Morgan fingerprint density at radius 1 is 0.306 bits per heavy atom. The van der Waals surface area contributed by atoms with E-state index in [4.69, 9.17) is 0 Å². The Kier molecular flexibility index (Phi) is 11.6. The molecular weight excluding hydrogens is 654 g/mol. The zero-order valence-corrected chi connectivity index (χ0v) is 18.3. The summed E-state index contributed by atoms with van der Waals surface area (Å²) in [5.41, 5.74) is -15.3. The van der Waals surface area contributed by atoms with Crippen LogP contribution in [0, 0.1) is 0 Å². The van der Waals surface area contributed by atoms with Gasteiger partial charge in [-0.1, -0.05) is 0 Å². The van der Waals surface area contributed by atoms with Crippen LogP contribution in [0.4, 0.5) is 96.6 Å². The van der Waals surface area contributed by atoms with Crippen molar-refractivity contribution < 1.29 is 96.6 Å². The highest BCUT2D eigenvalue weighted by Crippen LogP contribution is 2.52. The topological polar surface area (TPSA) is 0 Å². The van der Waals surface area contributed by atoms with Crippen LogP contribution in [0.25, 0.3) is 0 Å². The highest BCUT2D eigenvalue weighted by molar-refractivity contribution is 9.10. The van der Waals surface area contributed by atoms with Crippen molar-refractivity contribution in [3.8, 4) is 0 Å². The van der Waals surface area contributed by atoms with Crippen molar-refractivity contribution in [2.75, 3.05) is 0 Å². The lowest BCUT2D eigenvalue weighted by Gasteiger charge is -2.32. The molecule has 0 saturated carbocycles. The van der Waals surface area contributed by atoms with Crippen molar-refractivity contribution >= 4 is 15.9 Å². The van der Waals surface area contributed by atoms with Crippen LogP contribution < -0.4 is 0 Å². The molecule has 0 rings (SSSR count). The molecule has 0 bridgehead atoms. The van der Waals surface area contributed by atoms with Crippen LogP contribution in [0.5, 0.6) is 0 Å². The first-order valence-electron chi connectivity index (χ1n) is 7.60. The van der Waals surface area contributed by atoms with Crippen LogP contribution >= 0.6 is 15.9 Å². The highest BCUT2D eigenvalue weighted by atomic mass is 79.9. The molecule has 222 valence electrons. The van der Waals surface area contributed by atoms with E-state index in [1.54, 1.807) is 0 Å². The maximum atomic E-state index is 12.3. The summed E-state index contributed by atoms with van der Waals surface area (Å²) in [5.74, 6) is -6.47. The van der Waals surface area contributed by atoms with Gasteiger partial charge in [-0.15, -0.1) is 0 Å². The molecule has 0 aromatic rings. The molecule has 0 saturated heterocycles. The maximum Gasteiger partial charge on any atom is 0.457 e. The highest BCUT2D eigenvalue weighted by Gasteiger charge is 2.78. The van der Waals surface area contributed by atoms with Gasteiger partial charge in [-0.3, -0.25) is 0 Å². The smallest absolute Gasteiger partial charge is 0.227 e. The molecule has 0 aliphatic carbocycles. The minimum Gasteiger partial charge on any atom is -0.227 e. The predicted octanol–water partition coefficient (Wildman–Crippen LogP) is 9.58. The van der Waals surface area contributed by atoms with Gasteiger partial charge in [0.2, 0.25) is 0 Å². The van der Waals surface area contributed by atoms with E-state index in [1.807, 2.05) is 0 Å². The van der Waals surface area contributed by atoms with Gasteiger partial charge in [0.1, 0.15) is 0 Å². The molecule has 36 heavy (non-hydrogen) atoms. The van der Waals surface area contributed by atoms with E-state index in [0.29, 0.717) is 0 Å². The molecule has 0 spiro atoms. The second-order valence-corrected chi connectivity index (χ2v) is 7.57. The van der Waals surface area contributed by atoms with Gasteiger partial charge in [0.25, 0.3) is 17.0 Å². The SMILES string of the molecule is CC(F)(C(F)(F)F)C(F)(F)Br.CC(F)(C(F)(F)F)C(F)(F)C(F)(F)F.CC(F)(C(F)(F)F)C(F)(F)F. The second-order valence-electron chi connectivity index (χ2n) is 6.57. The average molecular weight is 663 g/mol. The largest absolute Gasteiger partial charge is 0.457 e. The van der Waals surface area contributed by atoms with Crippen LogP contribution in [0.3, 0.4) is 0 Å². The fourth-order valence-electron chi connectivity index (χ4n) is 0.766. The normalized spacial score (nSPS) is 18.2. The molecule has 0 N–H and O–H groups in total. The second kappa shape index (κ2) is 10.6.